The number of esters is 2. The van der Waals surface area contributed by atoms with Crippen LogP contribution in [0.2, 0.25) is 0 Å². The highest BCUT2D eigenvalue weighted by Gasteiger charge is 2.18. The van der Waals surface area contributed by atoms with Crippen LogP contribution in [0, 0.1) is 0 Å². The summed E-state index contributed by atoms with van der Waals surface area (Å²) in [6.45, 7) is 7.74. The molecule has 0 saturated heterocycles. The van der Waals surface area contributed by atoms with Crippen LogP contribution in [0.1, 0.15) is 329 Å². The first-order valence-corrected chi connectivity index (χ1v) is 32.5. The van der Waals surface area contributed by atoms with E-state index in [9.17, 15) is 9.59 Å². The van der Waals surface area contributed by atoms with Crippen molar-refractivity contribution < 1.29 is 23.8 Å². The van der Waals surface area contributed by atoms with Crippen LogP contribution in [0.5, 0.6) is 0 Å². The van der Waals surface area contributed by atoms with Crippen molar-refractivity contribution in [3.8, 4) is 0 Å². The van der Waals surface area contributed by atoms with Gasteiger partial charge in [-0.15, -0.1) is 0 Å². The van der Waals surface area contributed by atoms with Crippen molar-refractivity contribution in [3.05, 3.63) is 72.9 Å². The minimum Gasteiger partial charge on any atom is -0.462 e. The van der Waals surface area contributed by atoms with Gasteiger partial charge < -0.3 is 14.2 Å². The predicted molar refractivity (Wildman–Crippen MR) is 325 cm³/mol. The fourth-order valence-electron chi connectivity index (χ4n) is 9.38. The molecule has 1 atom stereocenters. The van der Waals surface area contributed by atoms with E-state index in [4.69, 9.17) is 14.2 Å². The Bertz CT molecular complexity index is 1310. The summed E-state index contributed by atoms with van der Waals surface area (Å²) in [5.74, 6) is -0.402. The molecule has 0 aromatic carbocycles. The van der Waals surface area contributed by atoms with Gasteiger partial charge in [0.1, 0.15) is 6.61 Å². The molecule has 5 nitrogen and oxygen atoms in total. The van der Waals surface area contributed by atoms with E-state index in [0.29, 0.717) is 19.4 Å². The Hall–Kier alpha value is -2.66. The number of hydrogen-bond acceptors (Lipinski definition) is 5. The Morgan fingerprint density at radius 1 is 0.311 bits per heavy atom. The van der Waals surface area contributed by atoms with Gasteiger partial charge in [0.25, 0.3) is 0 Å². The molecular weight excluding hydrogens is 909 g/mol. The lowest BCUT2D eigenvalue weighted by Gasteiger charge is -2.18. The molecule has 0 radical (unpaired) electrons. The minimum absolute atomic E-state index is 0.0767. The third-order valence-corrected chi connectivity index (χ3v) is 14.2. The molecule has 0 aromatic heterocycles. The second-order valence-corrected chi connectivity index (χ2v) is 21.6. The molecule has 0 aromatic rings. The van der Waals surface area contributed by atoms with Crippen LogP contribution >= 0.6 is 0 Å². The maximum atomic E-state index is 12.9. The van der Waals surface area contributed by atoms with Crippen LogP contribution in [-0.4, -0.2) is 37.9 Å². The summed E-state index contributed by atoms with van der Waals surface area (Å²) in [6, 6.07) is 0. The number of rotatable bonds is 60. The molecular formula is C69H124O5. The molecule has 0 amide bonds. The van der Waals surface area contributed by atoms with Crippen LogP contribution in [-0.2, 0) is 23.8 Å². The van der Waals surface area contributed by atoms with Gasteiger partial charge in [-0.05, 0) is 109 Å². The van der Waals surface area contributed by atoms with E-state index in [1.54, 1.807) is 0 Å². The molecule has 1 unspecified atom stereocenters. The fourth-order valence-corrected chi connectivity index (χ4v) is 9.38. The maximum absolute atomic E-state index is 12.9. The SMILES string of the molecule is CC/C=C\C/C=C\C/C=C\C/C=C\CCCCCCCCC(=O)OCC(COCCCCCCCCCCCC/C=C\CCCCCCCC)OC(=O)CCCCCCCCCCC/C=C\CCCCCCCC. The van der Waals surface area contributed by atoms with Gasteiger partial charge in [0.15, 0.2) is 6.10 Å². The highest BCUT2D eigenvalue weighted by Crippen LogP contribution is 2.16. The highest BCUT2D eigenvalue weighted by atomic mass is 16.6. The number of carbonyl (C=O) groups is 2. The van der Waals surface area contributed by atoms with Crippen LogP contribution in [0.25, 0.3) is 0 Å². The maximum Gasteiger partial charge on any atom is 0.306 e. The number of allylic oxidation sites excluding steroid dienone is 12. The zero-order chi connectivity index (χ0) is 53.4. The summed E-state index contributed by atoms with van der Waals surface area (Å²) < 4.78 is 17.6. The van der Waals surface area contributed by atoms with Crippen LogP contribution in [0.15, 0.2) is 72.9 Å². The third-order valence-electron chi connectivity index (χ3n) is 14.2. The van der Waals surface area contributed by atoms with Crippen molar-refractivity contribution >= 4 is 11.9 Å². The number of hydrogen-bond donors (Lipinski definition) is 0. The van der Waals surface area contributed by atoms with Crippen LogP contribution < -0.4 is 0 Å². The lowest BCUT2D eigenvalue weighted by molar-refractivity contribution is -0.163. The number of carbonyl (C=O) groups excluding carboxylic acids is 2. The van der Waals surface area contributed by atoms with Crippen molar-refractivity contribution in [3.63, 3.8) is 0 Å². The van der Waals surface area contributed by atoms with Crippen molar-refractivity contribution in [2.24, 2.45) is 0 Å². The molecule has 0 heterocycles. The average molecular weight is 1030 g/mol. The lowest BCUT2D eigenvalue weighted by atomic mass is 10.1. The van der Waals surface area contributed by atoms with E-state index in [2.05, 4.69) is 93.7 Å². The normalized spacial score (nSPS) is 12.6. The van der Waals surface area contributed by atoms with Gasteiger partial charge in [0.05, 0.1) is 6.61 Å². The zero-order valence-corrected chi connectivity index (χ0v) is 49.6. The van der Waals surface area contributed by atoms with Crippen molar-refractivity contribution in [2.45, 2.75) is 335 Å². The van der Waals surface area contributed by atoms with Crippen molar-refractivity contribution in [1.29, 1.82) is 0 Å². The second kappa shape index (κ2) is 64.6. The summed E-state index contributed by atoms with van der Waals surface area (Å²) in [5, 5.41) is 0. The summed E-state index contributed by atoms with van der Waals surface area (Å²) in [6.07, 6.45) is 85.1. The van der Waals surface area contributed by atoms with E-state index in [-0.39, 0.29) is 25.2 Å². The first kappa shape index (κ1) is 71.3. The largest absolute Gasteiger partial charge is 0.462 e. The first-order chi connectivity index (χ1) is 36.6. The van der Waals surface area contributed by atoms with Gasteiger partial charge in [0, 0.05) is 19.4 Å². The molecule has 0 aliphatic rings. The summed E-state index contributed by atoms with van der Waals surface area (Å²) in [7, 11) is 0. The highest BCUT2D eigenvalue weighted by molar-refractivity contribution is 5.70. The minimum atomic E-state index is -0.548. The van der Waals surface area contributed by atoms with E-state index < -0.39 is 6.10 Å². The molecule has 0 aliphatic carbocycles. The first-order valence-electron chi connectivity index (χ1n) is 32.5. The number of ether oxygens (including phenoxy) is 3. The molecule has 0 rings (SSSR count). The Labute approximate surface area is 461 Å². The molecule has 430 valence electrons. The Balaban J connectivity index is 4.29. The van der Waals surface area contributed by atoms with Gasteiger partial charge in [-0.3, -0.25) is 9.59 Å². The molecule has 0 fully saturated rings. The Morgan fingerprint density at radius 2 is 0.608 bits per heavy atom. The molecule has 0 bridgehead atoms. The smallest absolute Gasteiger partial charge is 0.306 e. The van der Waals surface area contributed by atoms with E-state index >= 15 is 0 Å². The van der Waals surface area contributed by atoms with Crippen LogP contribution in [0.4, 0.5) is 0 Å². The fraction of sp³-hybridized carbons (Fsp3) is 0.797. The summed E-state index contributed by atoms with van der Waals surface area (Å²) >= 11 is 0. The summed E-state index contributed by atoms with van der Waals surface area (Å²) in [5.41, 5.74) is 0. The van der Waals surface area contributed by atoms with E-state index in [1.165, 1.54) is 218 Å². The van der Waals surface area contributed by atoms with Gasteiger partial charge in [-0.25, -0.2) is 0 Å². The molecule has 0 N–H and O–H groups in total. The van der Waals surface area contributed by atoms with Gasteiger partial charge in [-0.2, -0.15) is 0 Å². The van der Waals surface area contributed by atoms with Gasteiger partial charge in [0.2, 0.25) is 0 Å². The Kier molecular flexibility index (Phi) is 62.3. The quantitative estimate of drug-likeness (QED) is 0.0345. The monoisotopic (exact) mass is 1030 g/mol. The molecule has 74 heavy (non-hydrogen) atoms. The van der Waals surface area contributed by atoms with E-state index in [1.807, 2.05) is 0 Å². The van der Waals surface area contributed by atoms with Gasteiger partial charge in [-0.1, -0.05) is 280 Å². The molecule has 0 saturated carbocycles. The Morgan fingerprint density at radius 3 is 0.986 bits per heavy atom. The summed E-state index contributed by atoms with van der Waals surface area (Å²) in [4.78, 5) is 25.7. The van der Waals surface area contributed by atoms with Crippen molar-refractivity contribution in [2.75, 3.05) is 19.8 Å². The third kappa shape index (κ3) is 61.9. The topological polar surface area (TPSA) is 61.8 Å². The van der Waals surface area contributed by atoms with E-state index in [0.717, 1.165) is 77.0 Å². The average Bonchev–Trinajstić information content (AvgIpc) is 3.40. The van der Waals surface area contributed by atoms with Crippen molar-refractivity contribution in [1.82, 2.24) is 0 Å². The number of unbranched alkanes of at least 4 members (excludes halogenated alkanes) is 37. The standard InChI is InChI=1S/C69H124O5/c1-4-7-10-13-16-19-22-25-28-31-34-37-40-43-46-49-52-55-58-61-64-72-65-67(74-69(71)63-60-57-54-51-48-45-42-39-36-33-30-27-24-21-18-15-12-9-6-3)66-73-68(70)62-59-56-53-50-47-44-41-38-35-32-29-26-23-20-17-14-11-8-5-2/h8,11,17,20,25-30,35,38,67H,4-7,9-10,12-16,18-19,21-24,31-34,36-37,39-66H2,1-3H3/b11-8-,20-17-,28-25-,29-26-,30-27-,38-35-. The molecule has 5 heteroatoms. The van der Waals surface area contributed by atoms with Crippen LogP contribution in [0.3, 0.4) is 0 Å². The van der Waals surface area contributed by atoms with Gasteiger partial charge >= 0.3 is 11.9 Å². The second-order valence-electron chi connectivity index (χ2n) is 21.6. The predicted octanol–water partition coefficient (Wildman–Crippen LogP) is 22.6. The lowest BCUT2D eigenvalue weighted by Crippen LogP contribution is -2.30. The molecule has 0 aliphatic heterocycles. The molecule has 0 spiro atoms. The zero-order valence-electron chi connectivity index (χ0n) is 49.6.